The van der Waals surface area contributed by atoms with E-state index in [1.54, 1.807) is 25.3 Å². The maximum atomic E-state index is 12.0. The van der Waals surface area contributed by atoms with Gasteiger partial charge < -0.3 is 14.6 Å². The van der Waals surface area contributed by atoms with Crippen LogP contribution in [0, 0.1) is 6.92 Å². The molecule has 5 nitrogen and oxygen atoms in total. The first-order valence-electron chi connectivity index (χ1n) is 5.62. The maximum absolute atomic E-state index is 12.0. The van der Waals surface area contributed by atoms with Crippen LogP contribution in [0.5, 0.6) is 17.2 Å². The van der Waals surface area contributed by atoms with E-state index in [9.17, 15) is 9.90 Å². The van der Waals surface area contributed by atoms with Crippen LogP contribution in [0.2, 0.25) is 0 Å². The van der Waals surface area contributed by atoms with Crippen molar-refractivity contribution in [1.82, 2.24) is 4.98 Å². The number of pyridine rings is 1. The van der Waals surface area contributed by atoms with Crippen LogP contribution in [0.1, 0.15) is 16.1 Å². The minimum absolute atomic E-state index is 0.0140. The molecule has 0 unspecified atom stereocenters. The van der Waals surface area contributed by atoms with Crippen molar-refractivity contribution >= 4 is 5.97 Å². The molecular formula is C14H13NO4. The van der Waals surface area contributed by atoms with Gasteiger partial charge in [-0.15, -0.1) is 0 Å². The van der Waals surface area contributed by atoms with E-state index >= 15 is 0 Å². The highest BCUT2D eigenvalue weighted by Crippen LogP contribution is 2.30. The summed E-state index contributed by atoms with van der Waals surface area (Å²) in [7, 11) is 1.42. The van der Waals surface area contributed by atoms with Gasteiger partial charge in [-0.1, -0.05) is 0 Å². The minimum atomic E-state index is -0.502. The number of carbonyl (C=O) groups excluding carboxylic acids is 1. The molecule has 0 saturated heterocycles. The number of phenols is 1. The Labute approximate surface area is 110 Å². The van der Waals surface area contributed by atoms with Crippen LogP contribution in [0.15, 0.2) is 36.5 Å². The Morgan fingerprint density at radius 2 is 2.11 bits per heavy atom. The summed E-state index contributed by atoms with van der Waals surface area (Å²) in [6.07, 6.45) is 1.61. The number of methoxy groups -OCH3 is 1. The molecule has 0 saturated carbocycles. The number of aromatic hydroxyl groups is 1. The fraction of sp³-hybridized carbons (Fsp3) is 0.143. The number of rotatable bonds is 3. The first-order chi connectivity index (χ1) is 9.11. The summed E-state index contributed by atoms with van der Waals surface area (Å²) >= 11 is 0. The third-order valence-corrected chi connectivity index (χ3v) is 2.59. The van der Waals surface area contributed by atoms with Gasteiger partial charge in [0.25, 0.3) is 0 Å². The molecule has 0 amide bonds. The SMILES string of the molecule is COc1cc(OC(=O)c2cccnc2C)ccc1O. The number of carbonyl (C=O) groups is 1. The number of hydrogen-bond acceptors (Lipinski definition) is 5. The van der Waals surface area contributed by atoms with E-state index in [4.69, 9.17) is 9.47 Å². The number of esters is 1. The first kappa shape index (κ1) is 12.9. The van der Waals surface area contributed by atoms with Crippen molar-refractivity contribution in [2.24, 2.45) is 0 Å². The standard InChI is InChI=1S/C14H13NO4/c1-9-11(4-3-7-15-9)14(17)19-10-5-6-12(16)13(8-10)18-2/h3-8,16H,1-2H3. The van der Waals surface area contributed by atoms with E-state index < -0.39 is 5.97 Å². The van der Waals surface area contributed by atoms with Gasteiger partial charge in [0.05, 0.1) is 18.4 Å². The van der Waals surface area contributed by atoms with Gasteiger partial charge in [-0.3, -0.25) is 4.98 Å². The molecule has 1 aromatic carbocycles. The summed E-state index contributed by atoms with van der Waals surface area (Å²) in [6, 6.07) is 7.64. The molecule has 1 aromatic heterocycles. The van der Waals surface area contributed by atoms with Gasteiger partial charge in [-0.2, -0.15) is 0 Å². The molecule has 2 aromatic rings. The van der Waals surface area contributed by atoms with E-state index in [2.05, 4.69) is 4.98 Å². The van der Waals surface area contributed by atoms with E-state index in [0.29, 0.717) is 17.0 Å². The Morgan fingerprint density at radius 3 is 2.79 bits per heavy atom. The van der Waals surface area contributed by atoms with Gasteiger partial charge in [0.15, 0.2) is 11.5 Å². The molecule has 1 heterocycles. The van der Waals surface area contributed by atoms with E-state index in [1.165, 1.54) is 25.3 Å². The fourth-order valence-corrected chi connectivity index (χ4v) is 1.58. The monoisotopic (exact) mass is 259 g/mol. The number of nitrogens with zero attached hydrogens (tertiary/aromatic N) is 1. The number of aromatic nitrogens is 1. The fourth-order valence-electron chi connectivity index (χ4n) is 1.58. The second-order valence-corrected chi connectivity index (χ2v) is 3.86. The average Bonchev–Trinajstić information content (AvgIpc) is 2.41. The Balaban J connectivity index is 2.22. The molecule has 0 radical (unpaired) electrons. The van der Waals surface area contributed by atoms with Crippen LogP contribution in [-0.4, -0.2) is 23.2 Å². The van der Waals surface area contributed by atoms with Crippen molar-refractivity contribution in [1.29, 1.82) is 0 Å². The predicted octanol–water partition coefficient (Wildman–Crippen LogP) is 2.32. The minimum Gasteiger partial charge on any atom is -0.504 e. The van der Waals surface area contributed by atoms with E-state index in [0.717, 1.165) is 0 Å². The molecule has 19 heavy (non-hydrogen) atoms. The zero-order valence-corrected chi connectivity index (χ0v) is 10.6. The molecule has 98 valence electrons. The van der Waals surface area contributed by atoms with Gasteiger partial charge in [-0.05, 0) is 31.2 Å². The normalized spacial score (nSPS) is 10.0. The number of benzene rings is 1. The summed E-state index contributed by atoms with van der Waals surface area (Å²) in [5.74, 6) is 0.0225. The highest BCUT2D eigenvalue weighted by atomic mass is 16.5. The summed E-state index contributed by atoms with van der Waals surface area (Å²) in [4.78, 5) is 16.0. The lowest BCUT2D eigenvalue weighted by molar-refractivity contribution is 0.0733. The van der Waals surface area contributed by atoms with Crippen molar-refractivity contribution < 1.29 is 19.4 Å². The topological polar surface area (TPSA) is 68.7 Å². The molecule has 0 aliphatic carbocycles. The Kier molecular flexibility index (Phi) is 3.66. The third-order valence-electron chi connectivity index (χ3n) is 2.59. The molecular weight excluding hydrogens is 246 g/mol. The summed E-state index contributed by atoms with van der Waals surface area (Å²) < 4.78 is 10.2. The smallest absolute Gasteiger partial charge is 0.345 e. The quantitative estimate of drug-likeness (QED) is 0.676. The van der Waals surface area contributed by atoms with Crippen molar-refractivity contribution in [3.63, 3.8) is 0 Å². The molecule has 0 bridgehead atoms. The van der Waals surface area contributed by atoms with Crippen LogP contribution in [0.4, 0.5) is 0 Å². The molecule has 5 heteroatoms. The van der Waals surface area contributed by atoms with Gasteiger partial charge in [-0.25, -0.2) is 4.79 Å². The van der Waals surface area contributed by atoms with Gasteiger partial charge in [0.1, 0.15) is 5.75 Å². The second kappa shape index (κ2) is 5.39. The van der Waals surface area contributed by atoms with Crippen molar-refractivity contribution in [3.05, 3.63) is 47.8 Å². The Bertz CT molecular complexity index is 610. The maximum Gasteiger partial charge on any atom is 0.345 e. The van der Waals surface area contributed by atoms with E-state index in [1.807, 2.05) is 0 Å². The molecule has 2 rings (SSSR count). The van der Waals surface area contributed by atoms with Crippen molar-refractivity contribution in [3.8, 4) is 17.2 Å². The molecule has 0 spiro atoms. The molecule has 0 fully saturated rings. The van der Waals surface area contributed by atoms with Gasteiger partial charge >= 0.3 is 5.97 Å². The van der Waals surface area contributed by atoms with Crippen LogP contribution in [0.3, 0.4) is 0 Å². The molecule has 0 aliphatic heterocycles. The lowest BCUT2D eigenvalue weighted by Gasteiger charge is -2.08. The lowest BCUT2D eigenvalue weighted by Crippen LogP contribution is -2.10. The van der Waals surface area contributed by atoms with Crippen molar-refractivity contribution in [2.45, 2.75) is 6.92 Å². The molecule has 0 atom stereocenters. The summed E-state index contributed by atoms with van der Waals surface area (Å²) in [5, 5.41) is 9.45. The van der Waals surface area contributed by atoms with E-state index in [-0.39, 0.29) is 11.5 Å². The second-order valence-electron chi connectivity index (χ2n) is 3.86. The number of ether oxygens (including phenoxy) is 2. The highest BCUT2D eigenvalue weighted by molar-refractivity contribution is 5.92. The molecule has 1 N–H and O–H groups in total. The average molecular weight is 259 g/mol. The number of phenolic OH excluding ortho intramolecular Hbond substituents is 1. The zero-order chi connectivity index (χ0) is 13.8. The zero-order valence-electron chi connectivity index (χ0n) is 10.6. The van der Waals surface area contributed by atoms with Crippen molar-refractivity contribution in [2.75, 3.05) is 7.11 Å². The largest absolute Gasteiger partial charge is 0.504 e. The molecule has 0 aliphatic rings. The van der Waals surface area contributed by atoms with Crippen LogP contribution >= 0.6 is 0 Å². The Hall–Kier alpha value is -2.56. The lowest BCUT2D eigenvalue weighted by atomic mass is 10.2. The Morgan fingerprint density at radius 1 is 1.32 bits per heavy atom. The van der Waals surface area contributed by atoms with Gasteiger partial charge in [0, 0.05) is 12.3 Å². The first-order valence-corrected chi connectivity index (χ1v) is 5.62. The number of aryl methyl sites for hydroxylation is 1. The number of hydrogen-bond donors (Lipinski definition) is 1. The predicted molar refractivity (Wildman–Crippen MR) is 68.6 cm³/mol. The van der Waals surface area contributed by atoms with Crippen LogP contribution in [-0.2, 0) is 0 Å². The highest BCUT2D eigenvalue weighted by Gasteiger charge is 2.13. The van der Waals surface area contributed by atoms with Gasteiger partial charge in [0.2, 0.25) is 0 Å². The summed E-state index contributed by atoms with van der Waals surface area (Å²) in [5.41, 5.74) is 0.993. The summed E-state index contributed by atoms with van der Waals surface area (Å²) in [6.45, 7) is 1.73. The third kappa shape index (κ3) is 2.82. The van der Waals surface area contributed by atoms with Crippen LogP contribution in [0.25, 0.3) is 0 Å². The van der Waals surface area contributed by atoms with Crippen LogP contribution < -0.4 is 9.47 Å².